The molecule has 0 aliphatic carbocycles. The molecule has 0 heterocycles. The summed E-state index contributed by atoms with van der Waals surface area (Å²) >= 11 is 0. The maximum Gasteiger partial charge on any atom is 0.573 e. The summed E-state index contributed by atoms with van der Waals surface area (Å²) in [6, 6.07) is 5.00. The molecule has 16 heavy (non-hydrogen) atoms. The molecule has 1 amide bonds. The topological polar surface area (TPSA) is 49.8 Å². The van der Waals surface area contributed by atoms with Crippen LogP contribution in [0, 0.1) is 0 Å². The zero-order valence-electron chi connectivity index (χ0n) is 8.15. The van der Waals surface area contributed by atoms with E-state index in [1.165, 1.54) is 18.2 Å². The number of alkyl halides is 3. The van der Waals surface area contributed by atoms with Gasteiger partial charge in [-0.1, -0.05) is 12.1 Å². The summed E-state index contributed by atoms with van der Waals surface area (Å²) in [5.41, 5.74) is -0.174. The molecule has 0 unspecified atom stereocenters. The molecule has 0 fully saturated rings. The second kappa shape index (κ2) is 4.30. The number of ether oxygens (including phenoxy) is 1. The van der Waals surface area contributed by atoms with E-state index in [2.05, 4.69) is 4.74 Å². The second-order valence-electron chi connectivity index (χ2n) is 2.86. The quantitative estimate of drug-likeness (QED) is 0.857. The van der Waals surface area contributed by atoms with Crippen LogP contribution in [0.2, 0.25) is 0 Å². The van der Waals surface area contributed by atoms with Crippen molar-refractivity contribution in [2.24, 2.45) is 0 Å². The first kappa shape index (κ1) is 12.2. The van der Waals surface area contributed by atoms with Crippen LogP contribution in [0.15, 0.2) is 24.3 Å². The molecule has 0 saturated heterocycles. The summed E-state index contributed by atoms with van der Waals surface area (Å²) in [4.78, 5) is 11.2. The molecule has 88 valence electrons. The Kier molecular flexibility index (Phi) is 3.26. The number of amides is 1. The Morgan fingerprint density at radius 1 is 1.38 bits per heavy atom. The average Bonchev–Trinajstić information content (AvgIpc) is 2.15. The summed E-state index contributed by atoms with van der Waals surface area (Å²) in [6.45, 7) is 0. The van der Waals surface area contributed by atoms with E-state index in [1.54, 1.807) is 0 Å². The van der Waals surface area contributed by atoms with Crippen LogP contribution in [-0.4, -0.2) is 24.6 Å². The monoisotopic (exact) mass is 235 g/mol. The van der Waals surface area contributed by atoms with Gasteiger partial charge in [-0.2, -0.15) is 0 Å². The zero-order chi connectivity index (χ0) is 12.3. The van der Waals surface area contributed by atoms with Crippen molar-refractivity contribution < 1.29 is 27.8 Å². The molecule has 4 nitrogen and oxygen atoms in total. The van der Waals surface area contributed by atoms with E-state index in [1.807, 2.05) is 0 Å². The number of hydrogen-bond donors (Lipinski definition) is 1. The average molecular weight is 235 g/mol. The van der Waals surface area contributed by atoms with Crippen LogP contribution in [-0.2, 0) is 0 Å². The van der Waals surface area contributed by atoms with Crippen LogP contribution in [0.1, 0.15) is 0 Å². The number of nitrogens with zero attached hydrogens (tertiary/aromatic N) is 1. The number of carboxylic acid groups (broad SMARTS) is 1. The number of para-hydroxylation sites is 2. The number of rotatable bonds is 2. The van der Waals surface area contributed by atoms with E-state index in [4.69, 9.17) is 5.11 Å². The van der Waals surface area contributed by atoms with Crippen LogP contribution in [0.3, 0.4) is 0 Å². The first-order valence-electron chi connectivity index (χ1n) is 4.12. The summed E-state index contributed by atoms with van der Waals surface area (Å²) in [5, 5.41) is 8.65. The number of hydrogen-bond acceptors (Lipinski definition) is 2. The van der Waals surface area contributed by atoms with Crippen molar-refractivity contribution >= 4 is 11.8 Å². The van der Waals surface area contributed by atoms with E-state index in [9.17, 15) is 18.0 Å². The molecule has 0 bridgehead atoms. The molecule has 1 rings (SSSR count). The van der Waals surface area contributed by atoms with Crippen molar-refractivity contribution in [1.82, 2.24) is 0 Å². The Morgan fingerprint density at radius 3 is 2.44 bits per heavy atom. The van der Waals surface area contributed by atoms with Gasteiger partial charge in [0.05, 0.1) is 5.69 Å². The zero-order valence-corrected chi connectivity index (χ0v) is 8.15. The van der Waals surface area contributed by atoms with E-state index in [-0.39, 0.29) is 5.69 Å². The maximum absolute atomic E-state index is 12.0. The fourth-order valence-electron chi connectivity index (χ4n) is 1.05. The highest BCUT2D eigenvalue weighted by Gasteiger charge is 2.32. The molecule has 0 spiro atoms. The molecule has 0 aliphatic heterocycles. The van der Waals surface area contributed by atoms with Gasteiger partial charge in [-0.05, 0) is 12.1 Å². The lowest BCUT2D eigenvalue weighted by atomic mass is 10.3. The summed E-state index contributed by atoms with van der Waals surface area (Å²) in [7, 11) is 1.13. The second-order valence-corrected chi connectivity index (χ2v) is 2.86. The fraction of sp³-hybridized carbons (Fsp3) is 0.222. The predicted octanol–water partition coefficient (Wildman–Crippen LogP) is 2.70. The highest BCUT2D eigenvalue weighted by Crippen LogP contribution is 2.31. The Labute approximate surface area is 88.9 Å². The van der Waals surface area contributed by atoms with Crippen molar-refractivity contribution in [3.8, 4) is 5.75 Å². The first-order chi connectivity index (χ1) is 7.31. The highest BCUT2D eigenvalue weighted by molar-refractivity contribution is 5.87. The highest BCUT2D eigenvalue weighted by atomic mass is 19.4. The van der Waals surface area contributed by atoms with Crippen molar-refractivity contribution in [2.75, 3.05) is 11.9 Å². The minimum Gasteiger partial charge on any atom is -0.465 e. The third kappa shape index (κ3) is 3.04. The molecule has 0 saturated carbocycles. The van der Waals surface area contributed by atoms with Gasteiger partial charge in [-0.3, -0.25) is 4.90 Å². The van der Waals surface area contributed by atoms with Crippen LogP contribution in [0.25, 0.3) is 0 Å². The fourth-order valence-corrected chi connectivity index (χ4v) is 1.05. The van der Waals surface area contributed by atoms with Crippen molar-refractivity contribution in [2.45, 2.75) is 6.36 Å². The lowest BCUT2D eigenvalue weighted by Crippen LogP contribution is -2.26. The van der Waals surface area contributed by atoms with Gasteiger partial charge in [-0.15, -0.1) is 13.2 Å². The minimum absolute atomic E-state index is 0.174. The molecule has 0 aliphatic rings. The summed E-state index contributed by atoms with van der Waals surface area (Å²) < 4.78 is 39.7. The molecule has 0 atom stereocenters. The van der Waals surface area contributed by atoms with Crippen LogP contribution in [0.4, 0.5) is 23.7 Å². The van der Waals surface area contributed by atoms with Crippen molar-refractivity contribution in [3.05, 3.63) is 24.3 Å². The Morgan fingerprint density at radius 2 is 1.94 bits per heavy atom. The van der Waals surface area contributed by atoms with E-state index < -0.39 is 18.2 Å². The Hall–Kier alpha value is -1.92. The van der Waals surface area contributed by atoms with Gasteiger partial charge in [0.1, 0.15) is 0 Å². The van der Waals surface area contributed by atoms with Crippen molar-refractivity contribution in [3.63, 3.8) is 0 Å². The Bertz CT molecular complexity index is 392. The van der Waals surface area contributed by atoms with Crippen LogP contribution < -0.4 is 9.64 Å². The lowest BCUT2D eigenvalue weighted by molar-refractivity contribution is -0.274. The minimum atomic E-state index is -4.85. The molecule has 7 heteroatoms. The SMILES string of the molecule is CN(C(=O)O)c1ccccc1OC(F)(F)F. The lowest BCUT2D eigenvalue weighted by Gasteiger charge is -2.18. The number of carbonyl (C=O) groups is 1. The molecular weight excluding hydrogens is 227 g/mol. The molecule has 0 aromatic heterocycles. The van der Waals surface area contributed by atoms with E-state index in [0.29, 0.717) is 4.90 Å². The molecule has 1 aromatic rings. The maximum atomic E-state index is 12.0. The summed E-state index contributed by atoms with van der Waals surface area (Å²) in [5.74, 6) is -0.556. The van der Waals surface area contributed by atoms with E-state index in [0.717, 1.165) is 13.1 Å². The predicted molar refractivity (Wildman–Crippen MR) is 49.6 cm³/mol. The van der Waals surface area contributed by atoms with Gasteiger partial charge in [0.25, 0.3) is 0 Å². The molecule has 1 N–H and O–H groups in total. The standard InChI is InChI=1S/C9H8F3NO3/c1-13(8(14)15)6-4-2-3-5-7(6)16-9(10,11)12/h2-5H,1H3,(H,14,15). The van der Waals surface area contributed by atoms with Gasteiger partial charge < -0.3 is 9.84 Å². The van der Waals surface area contributed by atoms with Gasteiger partial charge in [0, 0.05) is 7.05 Å². The third-order valence-electron chi connectivity index (χ3n) is 1.74. The smallest absolute Gasteiger partial charge is 0.465 e. The molecular formula is C9H8F3NO3. The van der Waals surface area contributed by atoms with Gasteiger partial charge in [0.2, 0.25) is 0 Å². The number of anilines is 1. The number of halogens is 3. The van der Waals surface area contributed by atoms with Gasteiger partial charge in [-0.25, -0.2) is 4.79 Å². The normalized spacial score (nSPS) is 11.0. The first-order valence-corrected chi connectivity index (χ1v) is 4.12. The summed E-state index contributed by atoms with van der Waals surface area (Å²) in [6.07, 6.45) is -6.23. The van der Waals surface area contributed by atoms with Crippen LogP contribution in [0.5, 0.6) is 5.75 Å². The van der Waals surface area contributed by atoms with Crippen LogP contribution >= 0.6 is 0 Å². The Balaban J connectivity index is 3.05. The molecule has 0 radical (unpaired) electrons. The number of benzene rings is 1. The van der Waals surface area contributed by atoms with Gasteiger partial charge >= 0.3 is 12.5 Å². The third-order valence-corrected chi connectivity index (χ3v) is 1.74. The van der Waals surface area contributed by atoms with Gasteiger partial charge in [0.15, 0.2) is 5.75 Å². The molecule has 1 aromatic carbocycles. The van der Waals surface area contributed by atoms with E-state index >= 15 is 0 Å². The largest absolute Gasteiger partial charge is 0.573 e. The van der Waals surface area contributed by atoms with Crippen molar-refractivity contribution in [1.29, 1.82) is 0 Å².